The summed E-state index contributed by atoms with van der Waals surface area (Å²) >= 11 is 1.51. The Morgan fingerprint density at radius 1 is 1.13 bits per heavy atom. The second-order valence-corrected chi connectivity index (χ2v) is 8.50. The van der Waals surface area contributed by atoms with Crippen LogP contribution in [0.1, 0.15) is 32.2 Å². The number of nitrogens with zero attached hydrogens (tertiary/aromatic N) is 3. The molecule has 1 aliphatic heterocycles. The van der Waals surface area contributed by atoms with Crippen LogP contribution >= 0.6 is 11.3 Å². The summed E-state index contributed by atoms with van der Waals surface area (Å²) < 4.78 is 0. The van der Waals surface area contributed by atoms with E-state index in [9.17, 15) is 4.79 Å². The molecule has 1 amide bonds. The minimum absolute atomic E-state index is 0.0777. The van der Waals surface area contributed by atoms with Gasteiger partial charge in [-0.05, 0) is 60.0 Å². The first-order chi connectivity index (χ1) is 15.2. The molecule has 0 aliphatic carbocycles. The molecule has 0 radical (unpaired) electrons. The van der Waals surface area contributed by atoms with Gasteiger partial charge in [-0.1, -0.05) is 12.2 Å². The largest absolute Gasteiger partial charge is 0.383 e. The normalized spacial score (nSPS) is 14.3. The van der Waals surface area contributed by atoms with Gasteiger partial charge in [-0.3, -0.25) is 9.78 Å². The molecule has 154 valence electrons. The summed E-state index contributed by atoms with van der Waals surface area (Å²) in [4.78, 5) is 28.2. The summed E-state index contributed by atoms with van der Waals surface area (Å²) in [7, 11) is 0. The molecule has 5 rings (SSSR count). The van der Waals surface area contributed by atoms with Crippen molar-refractivity contribution in [1.82, 2.24) is 19.9 Å². The van der Waals surface area contributed by atoms with Crippen LogP contribution in [0.4, 0.5) is 5.82 Å². The number of carbonyl (C=O) groups is 1. The van der Waals surface area contributed by atoms with E-state index in [0.717, 1.165) is 38.3 Å². The number of carbonyl (C=O) groups excluding carboxylic acids is 1. The van der Waals surface area contributed by atoms with E-state index < -0.39 is 0 Å². The Balaban J connectivity index is 1.27. The number of anilines is 1. The predicted octanol–water partition coefficient (Wildman–Crippen LogP) is 4.70. The maximum atomic E-state index is 13.0. The highest BCUT2D eigenvalue weighted by Crippen LogP contribution is 2.28. The number of thiophene rings is 1. The van der Waals surface area contributed by atoms with Crippen molar-refractivity contribution in [2.75, 3.05) is 18.8 Å². The molecule has 31 heavy (non-hydrogen) atoms. The van der Waals surface area contributed by atoms with E-state index in [0.29, 0.717) is 18.9 Å². The lowest BCUT2D eigenvalue weighted by Gasteiger charge is -2.25. The minimum Gasteiger partial charge on any atom is -0.383 e. The Hall–Kier alpha value is -3.71. The van der Waals surface area contributed by atoms with Gasteiger partial charge in [0.1, 0.15) is 5.82 Å². The zero-order valence-corrected chi connectivity index (χ0v) is 17.6. The highest BCUT2D eigenvalue weighted by atomic mass is 32.1. The third-order valence-electron chi connectivity index (χ3n) is 5.40. The zero-order chi connectivity index (χ0) is 21.2. The fourth-order valence-corrected chi connectivity index (χ4v) is 4.59. The topological polar surface area (TPSA) is 87.9 Å². The maximum absolute atomic E-state index is 13.0. The zero-order valence-electron chi connectivity index (χ0n) is 16.8. The summed E-state index contributed by atoms with van der Waals surface area (Å²) in [6, 6.07) is 11.8. The molecule has 0 aromatic carbocycles. The monoisotopic (exact) mass is 427 g/mol. The third-order valence-corrected chi connectivity index (χ3v) is 6.44. The van der Waals surface area contributed by atoms with E-state index in [4.69, 9.17) is 5.73 Å². The van der Waals surface area contributed by atoms with Crippen LogP contribution in [0, 0.1) is 0 Å². The molecule has 0 bridgehead atoms. The van der Waals surface area contributed by atoms with Crippen molar-refractivity contribution >= 4 is 51.7 Å². The van der Waals surface area contributed by atoms with Gasteiger partial charge in [0.25, 0.3) is 5.91 Å². The van der Waals surface area contributed by atoms with Gasteiger partial charge in [0.15, 0.2) is 0 Å². The van der Waals surface area contributed by atoms with E-state index in [-0.39, 0.29) is 5.91 Å². The average molecular weight is 428 g/mol. The van der Waals surface area contributed by atoms with E-state index in [1.165, 1.54) is 16.9 Å². The van der Waals surface area contributed by atoms with Crippen LogP contribution in [0.3, 0.4) is 0 Å². The quantitative estimate of drug-likeness (QED) is 0.494. The first kappa shape index (κ1) is 19.3. The summed E-state index contributed by atoms with van der Waals surface area (Å²) in [5.41, 5.74) is 10.3. The number of nitrogens with one attached hydrogen (secondary N) is 1. The van der Waals surface area contributed by atoms with Gasteiger partial charge in [-0.2, -0.15) is 0 Å². The number of nitrogen functional groups attached to an aromatic ring is 1. The molecule has 4 aromatic rings. The Labute approximate surface area is 183 Å². The summed E-state index contributed by atoms with van der Waals surface area (Å²) in [5.74, 6) is 0.605. The van der Waals surface area contributed by atoms with E-state index in [1.54, 1.807) is 18.6 Å². The first-order valence-corrected chi connectivity index (χ1v) is 10.9. The SMILES string of the molecule is Nc1nccc2[nH]c(C3=CCN(C(=O)c4ccc(/C=C/c5ccncc5)s4)CC3)cc12. The van der Waals surface area contributed by atoms with Crippen LogP contribution in [0.2, 0.25) is 0 Å². The average Bonchev–Trinajstić information content (AvgIpc) is 3.46. The molecular formula is C24H21N5OS. The number of aromatic amines is 1. The Kier molecular flexibility index (Phi) is 5.09. The van der Waals surface area contributed by atoms with Crippen molar-refractivity contribution in [2.24, 2.45) is 0 Å². The molecular weight excluding hydrogens is 406 g/mol. The van der Waals surface area contributed by atoms with Gasteiger partial charge < -0.3 is 15.6 Å². The number of rotatable bonds is 4. The van der Waals surface area contributed by atoms with Crippen LogP contribution in [-0.4, -0.2) is 38.8 Å². The molecule has 0 spiro atoms. The van der Waals surface area contributed by atoms with E-state index in [1.807, 2.05) is 53.5 Å². The number of pyridine rings is 2. The molecule has 7 heteroatoms. The van der Waals surface area contributed by atoms with Gasteiger partial charge in [0, 0.05) is 47.6 Å². The van der Waals surface area contributed by atoms with E-state index in [2.05, 4.69) is 21.0 Å². The van der Waals surface area contributed by atoms with Crippen LogP contribution in [0.25, 0.3) is 28.6 Å². The van der Waals surface area contributed by atoms with Crippen molar-refractivity contribution < 1.29 is 4.79 Å². The molecule has 5 heterocycles. The number of amides is 1. The summed E-state index contributed by atoms with van der Waals surface area (Å²) in [6.07, 6.45) is 12.2. The lowest BCUT2D eigenvalue weighted by atomic mass is 10.0. The van der Waals surface area contributed by atoms with Crippen molar-refractivity contribution in [3.05, 3.63) is 82.1 Å². The second-order valence-electron chi connectivity index (χ2n) is 7.39. The van der Waals surface area contributed by atoms with Gasteiger partial charge in [0.2, 0.25) is 0 Å². The summed E-state index contributed by atoms with van der Waals surface area (Å²) in [6.45, 7) is 1.28. The molecule has 1 aliphatic rings. The Bertz CT molecular complexity index is 1300. The van der Waals surface area contributed by atoms with Crippen molar-refractivity contribution in [3.63, 3.8) is 0 Å². The van der Waals surface area contributed by atoms with Gasteiger partial charge in [-0.15, -0.1) is 11.3 Å². The Morgan fingerprint density at radius 2 is 2.00 bits per heavy atom. The predicted molar refractivity (Wildman–Crippen MR) is 126 cm³/mol. The van der Waals surface area contributed by atoms with Crippen molar-refractivity contribution in [1.29, 1.82) is 0 Å². The van der Waals surface area contributed by atoms with Crippen LogP contribution < -0.4 is 5.73 Å². The minimum atomic E-state index is 0.0777. The fourth-order valence-electron chi connectivity index (χ4n) is 3.71. The standard InChI is InChI=1S/C24H21N5OS/c25-23-19-15-21(28-20(19)7-12-27-23)17-8-13-29(14-9-17)24(30)22-4-3-18(31-22)2-1-16-5-10-26-11-6-16/h1-8,10-12,15,28H,9,13-14H2,(H2,25,27)/b2-1+. The lowest BCUT2D eigenvalue weighted by Crippen LogP contribution is -2.34. The van der Waals surface area contributed by atoms with Crippen LogP contribution in [-0.2, 0) is 0 Å². The molecule has 0 unspecified atom stereocenters. The summed E-state index contributed by atoms with van der Waals surface area (Å²) in [5, 5.41) is 0.933. The maximum Gasteiger partial charge on any atom is 0.264 e. The highest BCUT2D eigenvalue weighted by Gasteiger charge is 2.21. The fraction of sp³-hybridized carbons (Fsp3) is 0.125. The van der Waals surface area contributed by atoms with Gasteiger partial charge in [-0.25, -0.2) is 4.98 Å². The highest BCUT2D eigenvalue weighted by molar-refractivity contribution is 7.14. The smallest absolute Gasteiger partial charge is 0.264 e. The molecule has 0 fully saturated rings. The molecule has 3 N–H and O–H groups in total. The first-order valence-electron chi connectivity index (χ1n) is 10.1. The number of fused-ring (bicyclic) bond motifs is 1. The number of H-pyrrole nitrogens is 1. The molecule has 6 nitrogen and oxygen atoms in total. The number of hydrogen-bond acceptors (Lipinski definition) is 5. The van der Waals surface area contributed by atoms with Gasteiger partial charge >= 0.3 is 0 Å². The third kappa shape index (κ3) is 4.00. The second kappa shape index (κ2) is 8.20. The van der Waals surface area contributed by atoms with Crippen molar-refractivity contribution in [3.8, 4) is 0 Å². The lowest BCUT2D eigenvalue weighted by molar-refractivity contribution is 0.0777. The molecule has 0 saturated carbocycles. The molecule has 0 atom stereocenters. The molecule has 0 saturated heterocycles. The molecule has 4 aromatic heterocycles. The number of nitrogens with two attached hydrogens (primary N) is 1. The van der Waals surface area contributed by atoms with Crippen molar-refractivity contribution in [2.45, 2.75) is 6.42 Å². The Morgan fingerprint density at radius 3 is 2.77 bits per heavy atom. The number of hydrogen-bond donors (Lipinski definition) is 2. The van der Waals surface area contributed by atoms with Crippen LogP contribution in [0.5, 0.6) is 0 Å². The number of aromatic nitrogens is 3. The van der Waals surface area contributed by atoms with E-state index >= 15 is 0 Å². The van der Waals surface area contributed by atoms with Gasteiger partial charge in [0.05, 0.1) is 10.4 Å². The van der Waals surface area contributed by atoms with Crippen LogP contribution in [0.15, 0.2) is 61.1 Å².